The monoisotopic (exact) mass is 479 g/mol. The maximum atomic E-state index is 12.6. The standard InChI is InChI=1S/C16H16BrCl2N3O3S/c1-22-5-4-11(9-22)25-15-6-10(2-3-14(15)18)21-26(23,24)12-7-13(17)16(19)20-8-12/h2-3,6-8,11,21H,4-5,9H2,1H3/t11-/m1/s1. The van der Waals surface area contributed by atoms with Gasteiger partial charge in [0.25, 0.3) is 10.0 Å². The first-order chi connectivity index (χ1) is 12.2. The molecule has 0 unspecified atom stereocenters. The SMILES string of the molecule is CN1CC[C@@H](Oc2cc(NS(=O)(=O)c3cnc(Cl)c(Br)c3)ccc2Cl)C1. The highest BCUT2D eigenvalue weighted by atomic mass is 79.9. The number of sulfonamides is 1. The predicted octanol–water partition coefficient (Wildman–Crippen LogP) is 4.03. The van der Waals surface area contributed by atoms with Crippen LogP contribution in [-0.4, -0.2) is 44.5 Å². The highest BCUT2D eigenvalue weighted by Gasteiger charge is 2.22. The number of likely N-dealkylation sites (tertiary alicyclic amines) is 1. The number of ether oxygens (including phenoxy) is 1. The molecule has 2 aromatic rings. The fourth-order valence-corrected chi connectivity index (χ4v) is 4.38. The average molecular weight is 481 g/mol. The number of pyridine rings is 1. The van der Waals surface area contributed by atoms with Crippen molar-refractivity contribution in [2.45, 2.75) is 17.4 Å². The summed E-state index contributed by atoms with van der Waals surface area (Å²) >= 11 is 15.2. The molecule has 140 valence electrons. The van der Waals surface area contributed by atoms with Crippen LogP contribution in [-0.2, 0) is 10.0 Å². The Hall–Kier alpha value is -1.06. The molecule has 6 nitrogen and oxygen atoms in total. The second-order valence-corrected chi connectivity index (χ2v) is 9.29. The predicted molar refractivity (Wildman–Crippen MR) is 106 cm³/mol. The van der Waals surface area contributed by atoms with Crippen molar-refractivity contribution in [2.24, 2.45) is 0 Å². The Balaban J connectivity index is 1.80. The minimum absolute atomic E-state index is 0.0105. The summed E-state index contributed by atoms with van der Waals surface area (Å²) in [6.07, 6.45) is 2.12. The normalized spacial score (nSPS) is 18.1. The molecule has 0 aliphatic carbocycles. The highest BCUT2D eigenvalue weighted by molar-refractivity contribution is 9.10. The van der Waals surface area contributed by atoms with Gasteiger partial charge in [-0.05, 0) is 47.6 Å². The molecule has 0 radical (unpaired) electrons. The van der Waals surface area contributed by atoms with E-state index in [9.17, 15) is 8.42 Å². The van der Waals surface area contributed by atoms with E-state index in [0.717, 1.165) is 19.5 Å². The van der Waals surface area contributed by atoms with Gasteiger partial charge in [0.1, 0.15) is 21.9 Å². The lowest BCUT2D eigenvalue weighted by Gasteiger charge is -2.16. The lowest BCUT2D eigenvalue weighted by molar-refractivity contribution is 0.208. The maximum Gasteiger partial charge on any atom is 0.263 e. The third-order valence-electron chi connectivity index (χ3n) is 3.91. The molecule has 1 aromatic heterocycles. The van der Waals surface area contributed by atoms with E-state index in [2.05, 4.69) is 30.5 Å². The zero-order valence-electron chi connectivity index (χ0n) is 13.7. The van der Waals surface area contributed by atoms with E-state index in [4.69, 9.17) is 27.9 Å². The van der Waals surface area contributed by atoms with Crippen molar-refractivity contribution in [3.05, 3.63) is 45.1 Å². The number of nitrogens with zero attached hydrogens (tertiary/aromatic N) is 2. The van der Waals surface area contributed by atoms with Gasteiger partial charge < -0.3 is 9.64 Å². The number of anilines is 1. The van der Waals surface area contributed by atoms with Crippen LogP contribution in [0.3, 0.4) is 0 Å². The first kappa shape index (κ1) is 19.7. The zero-order valence-corrected chi connectivity index (χ0v) is 17.7. The number of aromatic nitrogens is 1. The highest BCUT2D eigenvalue weighted by Crippen LogP contribution is 2.31. The number of halogens is 3. The van der Waals surface area contributed by atoms with Gasteiger partial charge in [-0.2, -0.15) is 0 Å². The van der Waals surface area contributed by atoms with Crippen molar-refractivity contribution in [1.82, 2.24) is 9.88 Å². The molecular weight excluding hydrogens is 465 g/mol. The van der Waals surface area contributed by atoms with E-state index in [0.29, 0.717) is 20.9 Å². The summed E-state index contributed by atoms with van der Waals surface area (Å²) in [4.78, 5) is 6.00. The van der Waals surface area contributed by atoms with Gasteiger partial charge in [-0.15, -0.1) is 0 Å². The number of hydrogen-bond acceptors (Lipinski definition) is 5. The summed E-state index contributed by atoms with van der Waals surface area (Å²) in [5.41, 5.74) is 0.349. The number of rotatable bonds is 5. The number of nitrogens with one attached hydrogen (secondary N) is 1. The minimum atomic E-state index is -3.83. The number of benzene rings is 1. The Morgan fingerprint density at radius 1 is 1.35 bits per heavy atom. The van der Waals surface area contributed by atoms with Gasteiger partial charge in [0.2, 0.25) is 0 Å². The first-order valence-electron chi connectivity index (χ1n) is 7.73. The Labute approximate surface area is 170 Å². The third kappa shape index (κ3) is 4.61. The summed E-state index contributed by atoms with van der Waals surface area (Å²) in [6.45, 7) is 1.75. The molecule has 1 aliphatic heterocycles. The first-order valence-corrected chi connectivity index (χ1v) is 10.8. The Bertz CT molecular complexity index is 927. The van der Waals surface area contributed by atoms with E-state index in [1.54, 1.807) is 18.2 Å². The molecule has 0 saturated carbocycles. The molecule has 10 heteroatoms. The largest absolute Gasteiger partial charge is 0.487 e. The van der Waals surface area contributed by atoms with Gasteiger partial charge in [-0.25, -0.2) is 13.4 Å². The van der Waals surface area contributed by atoms with Crippen molar-refractivity contribution in [3.8, 4) is 5.75 Å². The van der Waals surface area contributed by atoms with Crippen LogP contribution < -0.4 is 9.46 Å². The third-order valence-corrected chi connectivity index (χ3v) is 6.70. The van der Waals surface area contributed by atoms with E-state index < -0.39 is 10.0 Å². The summed E-state index contributed by atoms with van der Waals surface area (Å²) < 4.78 is 33.9. The average Bonchev–Trinajstić information content (AvgIpc) is 2.98. The summed E-state index contributed by atoms with van der Waals surface area (Å²) in [6, 6.07) is 6.14. The van der Waals surface area contributed by atoms with Gasteiger partial charge in [-0.1, -0.05) is 23.2 Å². The smallest absolute Gasteiger partial charge is 0.263 e. The molecule has 3 rings (SSSR count). The molecule has 0 bridgehead atoms. The van der Waals surface area contributed by atoms with E-state index in [1.807, 2.05) is 7.05 Å². The maximum absolute atomic E-state index is 12.6. The van der Waals surface area contributed by atoms with Gasteiger partial charge in [0.05, 0.1) is 15.2 Å². The van der Waals surface area contributed by atoms with Crippen LogP contribution in [0.2, 0.25) is 10.2 Å². The van der Waals surface area contributed by atoms with E-state index in [-0.39, 0.29) is 16.2 Å². The van der Waals surface area contributed by atoms with Crippen molar-refractivity contribution in [3.63, 3.8) is 0 Å². The topological polar surface area (TPSA) is 71.5 Å². The molecule has 0 spiro atoms. The van der Waals surface area contributed by atoms with Gasteiger partial charge >= 0.3 is 0 Å². The number of likely N-dealkylation sites (N-methyl/N-ethyl adjacent to an activating group) is 1. The molecule has 2 heterocycles. The van der Waals surface area contributed by atoms with Crippen molar-refractivity contribution >= 4 is 54.8 Å². The Morgan fingerprint density at radius 3 is 2.77 bits per heavy atom. The van der Waals surface area contributed by atoms with Crippen LogP contribution in [0.1, 0.15) is 6.42 Å². The fraction of sp³-hybridized carbons (Fsp3) is 0.312. The van der Waals surface area contributed by atoms with Crippen molar-refractivity contribution < 1.29 is 13.2 Å². The molecule has 26 heavy (non-hydrogen) atoms. The Kier molecular flexibility index (Phi) is 5.98. The van der Waals surface area contributed by atoms with Crippen LogP contribution in [0.4, 0.5) is 5.69 Å². The van der Waals surface area contributed by atoms with Crippen LogP contribution in [0.25, 0.3) is 0 Å². The van der Waals surface area contributed by atoms with Crippen LogP contribution in [0.15, 0.2) is 39.8 Å². The Morgan fingerprint density at radius 2 is 2.12 bits per heavy atom. The van der Waals surface area contributed by atoms with Crippen LogP contribution in [0.5, 0.6) is 5.75 Å². The second-order valence-electron chi connectivity index (χ2n) is 5.99. The molecule has 1 fully saturated rings. The summed E-state index contributed by atoms with van der Waals surface area (Å²) in [5, 5.41) is 0.617. The van der Waals surface area contributed by atoms with Crippen molar-refractivity contribution in [2.75, 3.05) is 24.9 Å². The molecule has 1 saturated heterocycles. The van der Waals surface area contributed by atoms with Crippen molar-refractivity contribution in [1.29, 1.82) is 0 Å². The zero-order chi connectivity index (χ0) is 18.9. The van der Waals surface area contributed by atoms with Gasteiger partial charge in [0.15, 0.2) is 0 Å². The summed E-state index contributed by atoms with van der Waals surface area (Å²) in [5.74, 6) is 0.447. The lowest BCUT2D eigenvalue weighted by atomic mass is 10.3. The molecule has 1 aliphatic rings. The fourth-order valence-electron chi connectivity index (χ4n) is 2.59. The number of hydrogen-bond donors (Lipinski definition) is 1. The van der Waals surface area contributed by atoms with E-state index >= 15 is 0 Å². The quantitative estimate of drug-likeness (QED) is 0.654. The second kappa shape index (κ2) is 7.90. The van der Waals surface area contributed by atoms with Crippen LogP contribution in [0, 0.1) is 0 Å². The lowest BCUT2D eigenvalue weighted by Crippen LogP contribution is -2.21. The molecule has 0 amide bonds. The molecule has 1 N–H and O–H groups in total. The van der Waals surface area contributed by atoms with Crippen LogP contribution >= 0.6 is 39.1 Å². The molecular formula is C16H16BrCl2N3O3S. The summed E-state index contributed by atoms with van der Waals surface area (Å²) in [7, 11) is -1.80. The molecule has 1 aromatic carbocycles. The van der Waals surface area contributed by atoms with E-state index in [1.165, 1.54) is 12.3 Å². The van der Waals surface area contributed by atoms with Gasteiger partial charge in [-0.3, -0.25) is 4.72 Å². The minimum Gasteiger partial charge on any atom is -0.487 e. The van der Waals surface area contributed by atoms with Gasteiger partial charge in [0, 0.05) is 25.4 Å². The molecule has 1 atom stereocenters.